The van der Waals surface area contributed by atoms with Crippen LogP contribution in [0.2, 0.25) is 0 Å². The molecule has 0 aliphatic heterocycles. The first-order valence-electron chi connectivity index (χ1n) is 9.65. The number of carbonyl (C=O) groups is 1. The van der Waals surface area contributed by atoms with E-state index in [1.165, 1.54) is 19.3 Å². The number of anilines is 1. The molecule has 4 nitrogen and oxygen atoms in total. The Morgan fingerprint density at radius 3 is 2.50 bits per heavy atom. The van der Waals surface area contributed by atoms with E-state index in [2.05, 4.69) is 21.2 Å². The third kappa shape index (κ3) is 4.43. The molecule has 32 heavy (non-hydrogen) atoms. The molecule has 4 rings (SSSR count). The van der Waals surface area contributed by atoms with Crippen LogP contribution >= 0.6 is 15.9 Å². The van der Waals surface area contributed by atoms with Gasteiger partial charge < -0.3 is 14.5 Å². The molecule has 162 valence electrons. The number of allylic oxidation sites excluding steroid dienone is 1. The van der Waals surface area contributed by atoms with Crippen molar-refractivity contribution in [2.24, 2.45) is 0 Å². The maximum Gasteiger partial charge on any atom is 0.248 e. The van der Waals surface area contributed by atoms with Gasteiger partial charge in [-0.2, -0.15) is 0 Å². The molecule has 1 N–H and O–H groups in total. The first-order valence-corrected chi connectivity index (χ1v) is 10.4. The topological polar surface area (TPSA) is 51.5 Å². The van der Waals surface area contributed by atoms with Gasteiger partial charge in [-0.3, -0.25) is 4.79 Å². The first kappa shape index (κ1) is 21.8. The van der Waals surface area contributed by atoms with Crippen LogP contribution in [-0.4, -0.2) is 13.0 Å². The number of halogens is 3. The van der Waals surface area contributed by atoms with Crippen LogP contribution in [0.25, 0.3) is 27.7 Å². The fraction of sp³-hybridized carbons (Fsp3) is 0.0800. The normalized spacial score (nSPS) is 11.6. The highest BCUT2D eigenvalue weighted by Crippen LogP contribution is 2.37. The summed E-state index contributed by atoms with van der Waals surface area (Å²) >= 11 is 3.44. The Morgan fingerprint density at radius 1 is 1.06 bits per heavy atom. The van der Waals surface area contributed by atoms with Gasteiger partial charge in [-0.25, -0.2) is 8.78 Å². The number of methoxy groups -OCH3 is 1. The van der Waals surface area contributed by atoms with Gasteiger partial charge in [0.2, 0.25) is 5.91 Å². The second kappa shape index (κ2) is 8.96. The van der Waals surface area contributed by atoms with E-state index in [-0.39, 0.29) is 5.69 Å². The standard InChI is InChI=1S/C25H18BrF2NO3/c1-14(9-25(30)29-17-7-8-21(27)22(28)10-17)18-11-19-20(15-3-5-16(26)6-4-15)13-32-24(19)12-23(18)31-2/h3-13H,1-2H3,(H,29,30)/b14-9+. The molecule has 4 aromatic rings. The van der Waals surface area contributed by atoms with Gasteiger partial charge in [-0.05, 0) is 48.4 Å². The summed E-state index contributed by atoms with van der Waals surface area (Å²) in [6, 6.07) is 14.7. The van der Waals surface area contributed by atoms with Crippen molar-refractivity contribution < 1.29 is 22.7 Å². The fourth-order valence-corrected chi connectivity index (χ4v) is 3.68. The van der Waals surface area contributed by atoms with Crippen LogP contribution in [-0.2, 0) is 4.79 Å². The average Bonchev–Trinajstić information content (AvgIpc) is 3.18. The maximum absolute atomic E-state index is 13.4. The molecule has 0 bridgehead atoms. The lowest BCUT2D eigenvalue weighted by Crippen LogP contribution is -2.09. The van der Waals surface area contributed by atoms with Crippen LogP contribution in [0.4, 0.5) is 14.5 Å². The van der Waals surface area contributed by atoms with Crippen molar-refractivity contribution in [2.75, 3.05) is 12.4 Å². The minimum Gasteiger partial charge on any atom is -0.496 e. The zero-order valence-electron chi connectivity index (χ0n) is 17.2. The molecule has 0 aliphatic rings. The summed E-state index contributed by atoms with van der Waals surface area (Å²) in [4.78, 5) is 12.5. The van der Waals surface area contributed by atoms with E-state index < -0.39 is 17.5 Å². The summed E-state index contributed by atoms with van der Waals surface area (Å²) in [5, 5.41) is 3.41. The van der Waals surface area contributed by atoms with Gasteiger partial charge >= 0.3 is 0 Å². The number of fused-ring (bicyclic) bond motifs is 1. The molecule has 0 atom stereocenters. The molecule has 1 amide bonds. The van der Waals surface area contributed by atoms with E-state index in [9.17, 15) is 13.6 Å². The van der Waals surface area contributed by atoms with Crippen molar-refractivity contribution in [3.05, 3.63) is 88.6 Å². The van der Waals surface area contributed by atoms with E-state index in [4.69, 9.17) is 9.15 Å². The van der Waals surface area contributed by atoms with E-state index >= 15 is 0 Å². The monoisotopic (exact) mass is 497 g/mol. The van der Waals surface area contributed by atoms with Crippen molar-refractivity contribution in [2.45, 2.75) is 6.92 Å². The Morgan fingerprint density at radius 2 is 1.81 bits per heavy atom. The summed E-state index contributed by atoms with van der Waals surface area (Å²) in [6.45, 7) is 1.77. The zero-order valence-corrected chi connectivity index (χ0v) is 18.8. The number of nitrogens with one attached hydrogen (secondary N) is 1. The number of benzene rings is 3. The molecular formula is C25H18BrF2NO3. The van der Waals surface area contributed by atoms with Crippen LogP contribution in [0.3, 0.4) is 0 Å². The molecule has 3 aromatic carbocycles. The highest BCUT2D eigenvalue weighted by molar-refractivity contribution is 9.10. The Bertz CT molecular complexity index is 1340. The van der Waals surface area contributed by atoms with Crippen LogP contribution in [0.15, 0.2) is 75.8 Å². The quantitative estimate of drug-likeness (QED) is 0.297. The molecule has 0 radical (unpaired) electrons. The van der Waals surface area contributed by atoms with Crippen LogP contribution in [0.1, 0.15) is 12.5 Å². The molecule has 0 spiro atoms. The smallest absolute Gasteiger partial charge is 0.248 e. The Labute approximate surface area is 191 Å². The van der Waals surface area contributed by atoms with Crippen molar-refractivity contribution >= 4 is 44.1 Å². The van der Waals surface area contributed by atoms with Gasteiger partial charge in [0.25, 0.3) is 0 Å². The van der Waals surface area contributed by atoms with Gasteiger partial charge in [0.05, 0.1) is 13.4 Å². The van der Waals surface area contributed by atoms with Gasteiger partial charge in [0, 0.05) is 44.9 Å². The lowest BCUT2D eigenvalue weighted by molar-refractivity contribution is -0.111. The lowest BCUT2D eigenvalue weighted by Gasteiger charge is -2.10. The van der Waals surface area contributed by atoms with Crippen molar-refractivity contribution in [1.29, 1.82) is 0 Å². The van der Waals surface area contributed by atoms with Gasteiger partial charge in [-0.15, -0.1) is 0 Å². The third-order valence-corrected chi connectivity index (χ3v) is 5.54. The molecule has 0 saturated heterocycles. The van der Waals surface area contributed by atoms with Crippen LogP contribution in [0.5, 0.6) is 5.75 Å². The SMILES string of the molecule is COc1cc2occ(-c3ccc(Br)cc3)c2cc1/C(C)=C/C(=O)Nc1ccc(F)c(F)c1. The summed E-state index contributed by atoms with van der Waals surface area (Å²) < 4.78 is 38.7. The summed E-state index contributed by atoms with van der Waals surface area (Å²) in [5.41, 5.74) is 4.05. The molecule has 1 heterocycles. The number of ether oxygens (including phenoxy) is 1. The predicted molar refractivity (Wildman–Crippen MR) is 125 cm³/mol. The maximum atomic E-state index is 13.4. The van der Waals surface area contributed by atoms with Crippen molar-refractivity contribution in [1.82, 2.24) is 0 Å². The Kier molecular flexibility index (Phi) is 6.10. The fourth-order valence-electron chi connectivity index (χ4n) is 3.41. The molecule has 0 aliphatic carbocycles. The predicted octanol–water partition coefficient (Wildman–Crippen LogP) is 7.19. The third-order valence-electron chi connectivity index (χ3n) is 5.01. The zero-order chi connectivity index (χ0) is 22.8. The highest BCUT2D eigenvalue weighted by atomic mass is 79.9. The van der Waals surface area contributed by atoms with Crippen LogP contribution in [0, 0.1) is 11.6 Å². The van der Waals surface area contributed by atoms with E-state index in [1.807, 2.05) is 30.3 Å². The average molecular weight is 498 g/mol. The van der Waals surface area contributed by atoms with Gasteiger partial charge in [0.15, 0.2) is 11.6 Å². The number of hydrogen-bond acceptors (Lipinski definition) is 3. The largest absolute Gasteiger partial charge is 0.496 e. The summed E-state index contributed by atoms with van der Waals surface area (Å²) in [5.74, 6) is -1.94. The van der Waals surface area contributed by atoms with E-state index in [1.54, 1.807) is 19.3 Å². The second-order valence-corrected chi connectivity index (χ2v) is 8.07. The van der Waals surface area contributed by atoms with Crippen molar-refractivity contribution in [3.63, 3.8) is 0 Å². The molecule has 0 saturated carbocycles. The molecule has 0 unspecified atom stereocenters. The second-order valence-electron chi connectivity index (χ2n) is 7.15. The minimum atomic E-state index is -1.03. The number of hydrogen-bond donors (Lipinski definition) is 1. The Balaban J connectivity index is 1.69. The Hall–Kier alpha value is -3.45. The number of carbonyl (C=O) groups excluding carboxylic acids is 1. The number of rotatable bonds is 5. The van der Waals surface area contributed by atoms with Crippen molar-refractivity contribution in [3.8, 4) is 16.9 Å². The molecule has 7 heteroatoms. The molecular weight excluding hydrogens is 480 g/mol. The van der Waals surface area contributed by atoms with E-state index in [0.29, 0.717) is 22.5 Å². The van der Waals surface area contributed by atoms with Gasteiger partial charge in [-0.1, -0.05) is 28.1 Å². The highest BCUT2D eigenvalue weighted by Gasteiger charge is 2.15. The number of amides is 1. The summed E-state index contributed by atoms with van der Waals surface area (Å²) in [6.07, 6.45) is 3.07. The molecule has 1 aromatic heterocycles. The lowest BCUT2D eigenvalue weighted by atomic mass is 9.99. The molecule has 0 fully saturated rings. The summed E-state index contributed by atoms with van der Waals surface area (Å²) in [7, 11) is 1.54. The number of furan rings is 1. The van der Waals surface area contributed by atoms with E-state index in [0.717, 1.165) is 33.1 Å². The van der Waals surface area contributed by atoms with Gasteiger partial charge in [0.1, 0.15) is 11.3 Å². The van der Waals surface area contributed by atoms with Crippen LogP contribution < -0.4 is 10.1 Å². The first-order chi connectivity index (χ1) is 15.4. The minimum absolute atomic E-state index is 0.160.